The molecule has 0 saturated carbocycles. The summed E-state index contributed by atoms with van der Waals surface area (Å²) in [5.74, 6) is -0.358. The molecule has 0 aliphatic rings. The van der Waals surface area contributed by atoms with E-state index in [0.29, 0.717) is 13.0 Å². The first-order chi connectivity index (χ1) is 6.20. The van der Waals surface area contributed by atoms with Crippen LogP contribution in [0, 0.1) is 0 Å². The maximum atomic E-state index is 10.7. The van der Waals surface area contributed by atoms with Crippen molar-refractivity contribution in [2.75, 3.05) is 13.2 Å². The molecule has 0 heterocycles. The molecule has 74 valence electrons. The summed E-state index contributed by atoms with van der Waals surface area (Å²) in [6.45, 7) is 3.37. The second-order valence-corrected chi connectivity index (χ2v) is 2.64. The zero-order chi connectivity index (χ0) is 10.1. The number of carbonyl (C=O) groups excluding carboxylic acids is 2. The van der Waals surface area contributed by atoms with Crippen LogP contribution < -0.4 is 5.32 Å². The molecule has 0 radical (unpaired) electrons. The molecule has 0 spiro atoms. The van der Waals surface area contributed by atoms with Crippen molar-refractivity contribution in [1.29, 1.82) is 0 Å². The van der Waals surface area contributed by atoms with E-state index in [1.165, 1.54) is 6.08 Å². The molecule has 0 aromatic heterocycles. The van der Waals surface area contributed by atoms with Gasteiger partial charge in [-0.2, -0.15) is 0 Å². The fraction of sp³-hybridized carbons (Fsp3) is 0.556. The highest BCUT2D eigenvalue weighted by Gasteiger charge is 1.98. The van der Waals surface area contributed by atoms with Crippen LogP contribution in [-0.4, -0.2) is 29.9 Å². The second-order valence-electron chi connectivity index (χ2n) is 2.64. The standard InChI is InChI=1S/C9H15NO3/c1-2-8(12)5-3-4-6-10-9(13)7-11/h2,11H,1,3-7H2,(H,10,13). The predicted molar refractivity (Wildman–Crippen MR) is 49.2 cm³/mol. The lowest BCUT2D eigenvalue weighted by atomic mass is 10.2. The van der Waals surface area contributed by atoms with Crippen LogP contribution in [0.1, 0.15) is 19.3 Å². The average molecular weight is 185 g/mol. The Balaban J connectivity index is 3.21. The van der Waals surface area contributed by atoms with E-state index in [0.717, 1.165) is 12.8 Å². The van der Waals surface area contributed by atoms with E-state index < -0.39 is 6.61 Å². The molecule has 0 fully saturated rings. The molecule has 0 unspecified atom stereocenters. The number of aliphatic hydroxyl groups is 1. The molecule has 0 bridgehead atoms. The van der Waals surface area contributed by atoms with Crippen LogP contribution in [0.2, 0.25) is 0 Å². The number of aliphatic hydroxyl groups excluding tert-OH is 1. The molecule has 0 saturated heterocycles. The minimum absolute atomic E-state index is 0.0217. The van der Waals surface area contributed by atoms with Crippen LogP contribution in [0.15, 0.2) is 12.7 Å². The Labute approximate surface area is 77.6 Å². The maximum absolute atomic E-state index is 10.7. The molecular weight excluding hydrogens is 170 g/mol. The van der Waals surface area contributed by atoms with Crippen LogP contribution in [0.4, 0.5) is 0 Å². The smallest absolute Gasteiger partial charge is 0.245 e. The Hall–Kier alpha value is -1.16. The zero-order valence-electron chi connectivity index (χ0n) is 7.58. The van der Waals surface area contributed by atoms with Gasteiger partial charge in [-0.05, 0) is 18.9 Å². The summed E-state index contributed by atoms with van der Waals surface area (Å²) < 4.78 is 0. The van der Waals surface area contributed by atoms with E-state index >= 15 is 0 Å². The first kappa shape index (κ1) is 11.8. The highest BCUT2D eigenvalue weighted by Crippen LogP contribution is 1.95. The fourth-order valence-corrected chi connectivity index (χ4v) is 0.810. The molecule has 0 rings (SSSR count). The van der Waals surface area contributed by atoms with Crippen LogP contribution in [0.3, 0.4) is 0 Å². The van der Waals surface area contributed by atoms with Gasteiger partial charge in [-0.25, -0.2) is 0 Å². The zero-order valence-corrected chi connectivity index (χ0v) is 7.58. The summed E-state index contributed by atoms with van der Waals surface area (Å²) in [4.78, 5) is 21.2. The lowest BCUT2D eigenvalue weighted by molar-refractivity contribution is -0.123. The Bertz CT molecular complexity index is 189. The van der Waals surface area contributed by atoms with Crippen molar-refractivity contribution in [3.05, 3.63) is 12.7 Å². The third-order valence-corrected chi connectivity index (χ3v) is 1.54. The van der Waals surface area contributed by atoms with Gasteiger partial charge >= 0.3 is 0 Å². The van der Waals surface area contributed by atoms with Crippen molar-refractivity contribution in [2.45, 2.75) is 19.3 Å². The summed E-state index contributed by atoms with van der Waals surface area (Å²) in [6, 6.07) is 0. The van der Waals surface area contributed by atoms with E-state index in [-0.39, 0.29) is 11.7 Å². The number of unbranched alkanes of at least 4 members (excludes halogenated alkanes) is 1. The molecule has 4 nitrogen and oxygen atoms in total. The number of rotatable bonds is 7. The number of nitrogens with one attached hydrogen (secondary N) is 1. The van der Waals surface area contributed by atoms with Gasteiger partial charge in [0, 0.05) is 13.0 Å². The average Bonchev–Trinajstić information content (AvgIpc) is 2.16. The maximum Gasteiger partial charge on any atom is 0.245 e. The van der Waals surface area contributed by atoms with E-state index in [9.17, 15) is 9.59 Å². The van der Waals surface area contributed by atoms with Gasteiger partial charge in [0.25, 0.3) is 0 Å². The number of hydrogen-bond acceptors (Lipinski definition) is 3. The third-order valence-electron chi connectivity index (χ3n) is 1.54. The van der Waals surface area contributed by atoms with Gasteiger partial charge in [0.1, 0.15) is 6.61 Å². The van der Waals surface area contributed by atoms with Gasteiger partial charge < -0.3 is 10.4 Å². The molecule has 0 atom stereocenters. The molecule has 0 aliphatic heterocycles. The molecular formula is C9H15NO3. The number of amides is 1. The van der Waals surface area contributed by atoms with Crippen LogP contribution in [-0.2, 0) is 9.59 Å². The second kappa shape index (κ2) is 7.49. The summed E-state index contributed by atoms with van der Waals surface area (Å²) in [5.41, 5.74) is 0. The van der Waals surface area contributed by atoms with Crippen molar-refractivity contribution < 1.29 is 14.7 Å². The molecule has 2 N–H and O–H groups in total. The SMILES string of the molecule is C=CC(=O)CCCCNC(=O)CO. The molecule has 0 aliphatic carbocycles. The number of hydrogen-bond donors (Lipinski definition) is 2. The van der Waals surface area contributed by atoms with E-state index in [4.69, 9.17) is 5.11 Å². The Morgan fingerprint density at radius 3 is 2.62 bits per heavy atom. The Morgan fingerprint density at radius 1 is 1.38 bits per heavy atom. The predicted octanol–water partition coefficient (Wildman–Crippen LogP) is 0.0203. The first-order valence-electron chi connectivity index (χ1n) is 4.23. The van der Waals surface area contributed by atoms with Gasteiger partial charge in [0.05, 0.1) is 0 Å². The quantitative estimate of drug-likeness (QED) is 0.434. The first-order valence-corrected chi connectivity index (χ1v) is 4.23. The monoisotopic (exact) mass is 185 g/mol. The number of allylic oxidation sites excluding steroid dienone is 1. The minimum Gasteiger partial charge on any atom is -0.387 e. The number of carbonyl (C=O) groups is 2. The van der Waals surface area contributed by atoms with Crippen molar-refractivity contribution >= 4 is 11.7 Å². The van der Waals surface area contributed by atoms with Gasteiger partial charge in [-0.3, -0.25) is 9.59 Å². The third kappa shape index (κ3) is 7.21. The van der Waals surface area contributed by atoms with E-state index in [1.807, 2.05) is 0 Å². The lowest BCUT2D eigenvalue weighted by Crippen LogP contribution is -2.27. The summed E-state index contributed by atoms with van der Waals surface area (Å²) in [5, 5.41) is 10.8. The van der Waals surface area contributed by atoms with Gasteiger partial charge in [0.15, 0.2) is 5.78 Å². The van der Waals surface area contributed by atoms with Gasteiger partial charge in [-0.1, -0.05) is 6.58 Å². The Kier molecular flexibility index (Phi) is 6.82. The molecule has 1 amide bonds. The fourth-order valence-electron chi connectivity index (χ4n) is 0.810. The van der Waals surface area contributed by atoms with Crippen molar-refractivity contribution in [2.24, 2.45) is 0 Å². The minimum atomic E-state index is -0.481. The van der Waals surface area contributed by atoms with Gasteiger partial charge in [0.2, 0.25) is 5.91 Å². The van der Waals surface area contributed by atoms with Crippen LogP contribution in [0.25, 0.3) is 0 Å². The summed E-state index contributed by atoms with van der Waals surface area (Å²) >= 11 is 0. The van der Waals surface area contributed by atoms with Crippen molar-refractivity contribution in [3.8, 4) is 0 Å². The summed E-state index contributed by atoms with van der Waals surface area (Å²) in [7, 11) is 0. The normalized spacial score (nSPS) is 9.31. The topological polar surface area (TPSA) is 66.4 Å². The van der Waals surface area contributed by atoms with Crippen LogP contribution in [0.5, 0.6) is 0 Å². The Morgan fingerprint density at radius 2 is 2.08 bits per heavy atom. The summed E-state index contributed by atoms with van der Waals surface area (Å²) in [6.07, 6.45) is 3.24. The van der Waals surface area contributed by atoms with Crippen LogP contribution >= 0.6 is 0 Å². The van der Waals surface area contributed by atoms with Crippen molar-refractivity contribution in [3.63, 3.8) is 0 Å². The molecule has 4 heteroatoms. The highest BCUT2D eigenvalue weighted by molar-refractivity contribution is 5.88. The number of ketones is 1. The van der Waals surface area contributed by atoms with Gasteiger partial charge in [-0.15, -0.1) is 0 Å². The molecule has 0 aromatic rings. The lowest BCUT2D eigenvalue weighted by Gasteiger charge is -2.01. The molecule has 0 aromatic carbocycles. The molecule has 13 heavy (non-hydrogen) atoms. The highest BCUT2D eigenvalue weighted by atomic mass is 16.3. The largest absolute Gasteiger partial charge is 0.387 e. The van der Waals surface area contributed by atoms with E-state index in [1.54, 1.807) is 0 Å². The van der Waals surface area contributed by atoms with Crippen molar-refractivity contribution in [1.82, 2.24) is 5.32 Å². The van der Waals surface area contributed by atoms with E-state index in [2.05, 4.69) is 11.9 Å².